The summed E-state index contributed by atoms with van der Waals surface area (Å²) in [5.74, 6) is -0.216. The number of fused-ring (bicyclic) bond motifs is 1. The Balaban J connectivity index is 1.89. The summed E-state index contributed by atoms with van der Waals surface area (Å²) in [5.41, 5.74) is 2.59. The van der Waals surface area contributed by atoms with Gasteiger partial charge in [0.1, 0.15) is 5.82 Å². The first-order chi connectivity index (χ1) is 12.2. The molecule has 1 fully saturated rings. The van der Waals surface area contributed by atoms with E-state index in [1.165, 1.54) is 6.07 Å². The lowest BCUT2D eigenvalue weighted by atomic mass is 9.70. The molecular weight excluding hydrogens is 313 g/mol. The Morgan fingerprint density at radius 2 is 1.96 bits per heavy atom. The van der Waals surface area contributed by atoms with Crippen LogP contribution in [0.15, 0.2) is 60.8 Å². The number of rotatable bonds is 3. The van der Waals surface area contributed by atoms with Crippen molar-refractivity contribution in [2.24, 2.45) is 0 Å². The van der Waals surface area contributed by atoms with Gasteiger partial charge in [0.05, 0.1) is 11.6 Å². The predicted molar refractivity (Wildman–Crippen MR) is 98.3 cm³/mol. The smallest absolute Gasteiger partial charge is 0.123 e. The molecule has 127 valence electrons. The number of hydrogen-bond donors (Lipinski definition) is 1. The van der Waals surface area contributed by atoms with Crippen LogP contribution < -0.4 is 10.6 Å². The molecule has 0 bridgehead atoms. The second-order valence-electron chi connectivity index (χ2n) is 6.75. The molecule has 2 heterocycles. The van der Waals surface area contributed by atoms with Crippen molar-refractivity contribution in [2.75, 3.05) is 19.6 Å². The summed E-state index contributed by atoms with van der Waals surface area (Å²) >= 11 is 0. The first-order valence-electron chi connectivity index (χ1n) is 8.66. The van der Waals surface area contributed by atoms with Gasteiger partial charge in [-0.1, -0.05) is 30.3 Å². The van der Waals surface area contributed by atoms with Gasteiger partial charge in [-0.3, -0.25) is 4.98 Å². The van der Waals surface area contributed by atoms with Crippen LogP contribution in [0.2, 0.25) is 0 Å². The fraction of sp³-hybridized carbons (Fsp3) is 0.286. The van der Waals surface area contributed by atoms with Crippen LogP contribution in [0.5, 0.6) is 0 Å². The lowest BCUT2D eigenvalue weighted by molar-refractivity contribution is 0.309. The maximum Gasteiger partial charge on any atom is 0.123 e. The van der Waals surface area contributed by atoms with E-state index in [0.717, 1.165) is 41.7 Å². The number of aromatic nitrogens is 1. The van der Waals surface area contributed by atoms with E-state index < -0.39 is 5.41 Å². The Bertz CT molecular complexity index is 889. The Kier molecular flexibility index (Phi) is 4.24. The fourth-order valence-corrected chi connectivity index (χ4v) is 3.74. The van der Waals surface area contributed by atoms with Crippen molar-refractivity contribution in [1.82, 2.24) is 15.6 Å². The van der Waals surface area contributed by atoms with Crippen molar-refractivity contribution in [3.05, 3.63) is 77.7 Å². The zero-order valence-corrected chi connectivity index (χ0v) is 14.2. The molecule has 25 heavy (non-hydrogen) atoms. The summed E-state index contributed by atoms with van der Waals surface area (Å²) in [7, 11) is 0. The lowest BCUT2D eigenvalue weighted by Gasteiger charge is -2.41. The number of pyridine rings is 1. The maximum absolute atomic E-state index is 14.0. The molecule has 2 atom stereocenters. The third-order valence-corrected chi connectivity index (χ3v) is 5.27. The summed E-state index contributed by atoms with van der Waals surface area (Å²) in [4.78, 5) is 4.49. The summed E-state index contributed by atoms with van der Waals surface area (Å²) < 4.78 is 14.0. The second-order valence-corrected chi connectivity index (χ2v) is 6.75. The minimum absolute atomic E-state index is 0.0456. The molecule has 2 aromatic carbocycles. The number of halogens is 1. The third kappa shape index (κ3) is 2.92. The van der Waals surface area contributed by atoms with Gasteiger partial charge in [-0.05, 0) is 42.3 Å². The molecular formula is C21H21FN3. The average Bonchev–Trinajstić information content (AvgIpc) is 2.67. The standard InChI is InChI=1S/C21H21FN3/c1-21(20-14-23-10-11-25-20,16-5-2-6-18(22)12-16)17-8-7-15-4-3-9-24-19(15)13-17/h2-9,12-13,20,23H,10-11,14H2,1H3. The maximum atomic E-state index is 14.0. The van der Waals surface area contributed by atoms with Gasteiger partial charge in [0.2, 0.25) is 0 Å². The fourth-order valence-electron chi connectivity index (χ4n) is 3.74. The molecule has 1 N–H and O–H groups in total. The van der Waals surface area contributed by atoms with Crippen molar-refractivity contribution in [3.8, 4) is 0 Å². The topological polar surface area (TPSA) is 39.0 Å². The monoisotopic (exact) mass is 334 g/mol. The van der Waals surface area contributed by atoms with Crippen LogP contribution >= 0.6 is 0 Å². The Labute approximate surface area is 147 Å². The van der Waals surface area contributed by atoms with E-state index in [0.29, 0.717) is 0 Å². The van der Waals surface area contributed by atoms with Crippen LogP contribution in [-0.4, -0.2) is 30.7 Å². The average molecular weight is 334 g/mol. The Hall–Kier alpha value is -2.30. The zero-order valence-electron chi connectivity index (χ0n) is 14.2. The Morgan fingerprint density at radius 1 is 1.08 bits per heavy atom. The highest BCUT2D eigenvalue weighted by atomic mass is 19.1. The quantitative estimate of drug-likeness (QED) is 0.798. The highest BCUT2D eigenvalue weighted by Crippen LogP contribution is 2.37. The number of nitrogens with zero attached hydrogens (tertiary/aromatic N) is 2. The number of benzene rings is 2. The molecule has 1 saturated heterocycles. The van der Waals surface area contributed by atoms with Crippen LogP contribution in [0.1, 0.15) is 18.1 Å². The van der Waals surface area contributed by atoms with E-state index in [4.69, 9.17) is 5.32 Å². The van der Waals surface area contributed by atoms with E-state index in [1.807, 2.05) is 12.1 Å². The molecule has 1 aromatic heterocycles. The van der Waals surface area contributed by atoms with Gasteiger partial charge in [0.25, 0.3) is 0 Å². The second kappa shape index (κ2) is 6.54. The third-order valence-electron chi connectivity index (χ3n) is 5.27. The highest BCUT2D eigenvalue weighted by Gasteiger charge is 2.39. The SMILES string of the molecule is CC(c1cccc(F)c1)(c1ccc2cccnc2c1)C1CNCC[N]1. The molecule has 4 rings (SSSR count). The minimum atomic E-state index is -0.415. The summed E-state index contributed by atoms with van der Waals surface area (Å²) in [6.07, 6.45) is 1.80. The van der Waals surface area contributed by atoms with E-state index in [9.17, 15) is 4.39 Å². The first kappa shape index (κ1) is 16.2. The number of hydrogen-bond acceptors (Lipinski definition) is 2. The van der Waals surface area contributed by atoms with Gasteiger partial charge in [-0.25, -0.2) is 9.71 Å². The zero-order chi connectivity index (χ0) is 17.3. The normalized spacial score (nSPS) is 20.3. The lowest BCUT2D eigenvalue weighted by Crippen LogP contribution is -2.54. The molecule has 1 radical (unpaired) electrons. The van der Waals surface area contributed by atoms with Gasteiger partial charge in [-0.15, -0.1) is 0 Å². The summed E-state index contributed by atoms with van der Waals surface area (Å²) in [5, 5.41) is 9.39. The van der Waals surface area contributed by atoms with Gasteiger partial charge < -0.3 is 5.32 Å². The molecule has 3 nitrogen and oxygen atoms in total. The van der Waals surface area contributed by atoms with Crippen LogP contribution in [0.4, 0.5) is 4.39 Å². The van der Waals surface area contributed by atoms with Crippen molar-refractivity contribution in [2.45, 2.75) is 18.4 Å². The molecule has 1 aliphatic rings. The minimum Gasteiger partial charge on any atom is -0.314 e. The molecule has 1 aliphatic heterocycles. The molecule has 0 aliphatic carbocycles. The molecule has 4 heteroatoms. The van der Waals surface area contributed by atoms with Crippen molar-refractivity contribution in [1.29, 1.82) is 0 Å². The molecule has 0 spiro atoms. The van der Waals surface area contributed by atoms with Crippen LogP contribution in [-0.2, 0) is 5.41 Å². The molecule has 0 amide bonds. The predicted octanol–water partition coefficient (Wildman–Crippen LogP) is 3.26. The summed E-state index contributed by atoms with van der Waals surface area (Å²) in [6.45, 7) is 4.62. The number of nitrogens with one attached hydrogen (secondary N) is 1. The van der Waals surface area contributed by atoms with Crippen LogP contribution in [0.25, 0.3) is 10.9 Å². The highest BCUT2D eigenvalue weighted by molar-refractivity contribution is 5.79. The summed E-state index contributed by atoms with van der Waals surface area (Å²) in [6, 6.07) is 17.3. The van der Waals surface area contributed by atoms with Crippen molar-refractivity contribution >= 4 is 10.9 Å². The van der Waals surface area contributed by atoms with Crippen molar-refractivity contribution < 1.29 is 4.39 Å². The molecule has 2 unspecified atom stereocenters. The van der Waals surface area contributed by atoms with Gasteiger partial charge in [0.15, 0.2) is 0 Å². The molecule has 0 saturated carbocycles. The van der Waals surface area contributed by atoms with Gasteiger partial charge >= 0.3 is 0 Å². The van der Waals surface area contributed by atoms with Crippen LogP contribution in [0.3, 0.4) is 0 Å². The van der Waals surface area contributed by atoms with Crippen molar-refractivity contribution in [3.63, 3.8) is 0 Å². The van der Waals surface area contributed by atoms with Crippen LogP contribution in [0, 0.1) is 5.82 Å². The van der Waals surface area contributed by atoms with E-state index in [1.54, 1.807) is 18.3 Å². The number of piperazine rings is 1. The van der Waals surface area contributed by atoms with Gasteiger partial charge in [0, 0.05) is 36.6 Å². The van der Waals surface area contributed by atoms with E-state index in [-0.39, 0.29) is 11.9 Å². The first-order valence-corrected chi connectivity index (χ1v) is 8.66. The van der Waals surface area contributed by atoms with E-state index >= 15 is 0 Å². The largest absolute Gasteiger partial charge is 0.314 e. The van der Waals surface area contributed by atoms with Gasteiger partial charge in [-0.2, -0.15) is 0 Å². The molecule has 3 aromatic rings. The Morgan fingerprint density at radius 3 is 2.76 bits per heavy atom. The van der Waals surface area contributed by atoms with E-state index in [2.05, 4.69) is 41.5 Å².